The van der Waals surface area contributed by atoms with Gasteiger partial charge in [-0.1, -0.05) is 26.0 Å². The minimum Gasteiger partial charge on any atom is -0.496 e. The molecule has 2 rings (SSSR count). The quantitative estimate of drug-likeness (QED) is 0.867. The fourth-order valence-corrected chi connectivity index (χ4v) is 2.17. The van der Waals surface area contributed by atoms with Crippen LogP contribution in [0, 0.1) is 0 Å². The number of aromatic nitrogens is 2. The van der Waals surface area contributed by atoms with Gasteiger partial charge in [0.1, 0.15) is 5.75 Å². The summed E-state index contributed by atoms with van der Waals surface area (Å²) in [5.41, 5.74) is 9.19. The first-order chi connectivity index (χ1) is 9.10. The zero-order chi connectivity index (χ0) is 13.8. The second-order valence-electron chi connectivity index (χ2n) is 5.02. The van der Waals surface area contributed by atoms with Crippen molar-refractivity contribution in [2.75, 3.05) is 12.8 Å². The van der Waals surface area contributed by atoms with E-state index in [1.807, 2.05) is 6.07 Å². The first-order valence-electron chi connectivity index (χ1n) is 6.56. The fraction of sp³-hybridized carbons (Fsp3) is 0.400. The number of aryl methyl sites for hydroxylation is 2. The van der Waals surface area contributed by atoms with Crippen molar-refractivity contribution in [1.82, 2.24) is 9.97 Å². The van der Waals surface area contributed by atoms with Crippen molar-refractivity contribution in [3.05, 3.63) is 41.2 Å². The zero-order valence-corrected chi connectivity index (χ0v) is 11.7. The zero-order valence-electron chi connectivity index (χ0n) is 11.7. The largest absolute Gasteiger partial charge is 0.496 e. The van der Waals surface area contributed by atoms with Crippen molar-refractivity contribution in [3.8, 4) is 5.75 Å². The van der Waals surface area contributed by atoms with Crippen LogP contribution in [0.25, 0.3) is 0 Å². The summed E-state index contributed by atoms with van der Waals surface area (Å²) in [5, 5.41) is 0. The molecule has 0 aliphatic heterocycles. The van der Waals surface area contributed by atoms with Crippen molar-refractivity contribution in [1.29, 1.82) is 0 Å². The van der Waals surface area contributed by atoms with E-state index in [2.05, 4.69) is 35.9 Å². The Labute approximate surface area is 114 Å². The summed E-state index contributed by atoms with van der Waals surface area (Å²) in [4.78, 5) is 7.05. The molecule has 1 aromatic carbocycles. The van der Waals surface area contributed by atoms with Gasteiger partial charge in [-0.05, 0) is 36.0 Å². The monoisotopic (exact) mass is 259 g/mol. The maximum absolute atomic E-state index is 5.57. The number of methoxy groups -OCH3 is 1. The second-order valence-corrected chi connectivity index (χ2v) is 5.02. The molecule has 1 aromatic heterocycles. The Balaban J connectivity index is 2.10. The number of H-pyrrole nitrogens is 1. The molecule has 3 N–H and O–H groups in total. The van der Waals surface area contributed by atoms with Gasteiger partial charge in [-0.3, -0.25) is 0 Å². The number of nitrogen functional groups attached to an aromatic ring is 1. The van der Waals surface area contributed by atoms with Gasteiger partial charge in [-0.2, -0.15) is 0 Å². The van der Waals surface area contributed by atoms with Gasteiger partial charge in [0, 0.05) is 5.69 Å². The molecule has 0 saturated carbocycles. The first kappa shape index (κ1) is 13.5. The summed E-state index contributed by atoms with van der Waals surface area (Å²) in [7, 11) is 1.72. The number of nitrogens with zero attached hydrogens (tertiary/aromatic N) is 1. The molecule has 0 spiro atoms. The van der Waals surface area contributed by atoms with Crippen LogP contribution in [0.5, 0.6) is 5.75 Å². The average Bonchev–Trinajstić information content (AvgIpc) is 2.81. The molecule has 4 nitrogen and oxygen atoms in total. The van der Waals surface area contributed by atoms with Crippen molar-refractivity contribution in [2.24, 2.45) is 0 Å². The average molecular weight is 259 g/mol. The molecule has 0 saturated heterocycles. The molecule has 0 radical (unpaired) electrons. The van der Waals surface area contributed by atoms with E-state index in [0.29, 0.717) is 11.9 Å². The van der Waals surface area contributed by atoms with Gasteiger partial charge < -0.3 is 15.5 Å². The third kappa shape index (κ3) is 3.28. The Morgan fingerprint density at radius 3 is 2.68 bits per heavy atom. The summed E-state index contributed by atoms with van der Waals surface area (Å²) < 4.78 is 5.40. The van der Waals surface area contributed by atoms with Gasteiger partial charge in [0.05, 0.1) is 13.3 Å². The van der Waals surface area contributed by atoms with E-state index >= 15 is 0 Å². The summed E-state index contributed by atoms with van der Waals surface area (Å²) in [6.07, 6.45) is 3.67. The fourth-order valence-electron chi connectivity index (χ4n) is 2.17. The van der Waals surface area contributed by atoms with E-state index in [0.717, 1.165) is 24.3 Å². The van der Waals surface area contributed by atoms with Crippen molar-refractivity contribution < 1.29 is 4.74 Å². The van der Waals surface area contributed by atoms with Gasteiger partial charge >= 0.3 is 0 Å². The lowest BCUT2D eigenvalue weighted by molar-refractivity contribution is 0.407. The van der Waals surface area contributed by atoms with Crippen LogP contribution >= 0.6 is 0 Å². The lowest BCUT2D eigenvalue weighted by atomic mass is 9.97. The van der Waals surface area contributed by atoms with Crippen LogP contribution in [-0.4, -0.2) is 17.1 Å². The second kappa shape index (κ2) is 5.78. The summed E-state index contributed by atoms with van der Waals surface area (Å²) in [6.45, 7) is 4.36. The maximum Gasteiger partial charge on any atom is 0.197 e. The van der Waals surface area contributed by atoms with E-state index in [-0.39, 0.29) is 0 Å². The normalized spacial score (nSPS) is 10.9. The number of nitrogens with one attached hydrogen (secondary N) is 1. The highest BCUT2D eigenvalue weighted by Gasteiger charge is 2.08. The third-order valence-corrected chi connectivity index (χ3v) is 3.25. The Kier molecular flexibility index (Phi) is 4.10. The lowest BCUT2D eigenvalue weighted by Crippen LogP contribution is -1.98. The molecule has 2 aromatic rings. The highest BCUT2D eigenvalue weighted by molar-refractivity contribution is 5.39. The molecule has 0 amide bonds. The molecule has 0 aliphatic carbocycles. The molecule has 0 bridgehead atoms. The number of rotatable bonds is 5. The molecular formula is C15H21N3O. The van der Waals surface area contributed by atoms with Crippen LogP contribution in [0.3, 0.4) is 0 Å². The topological polar surface area (TPSA) is 63.9 Å². The van der Waals surface area contributed by atoms with E-state index < -0.39 is 0 Å². The van der Waals surface area contributed by atoms with E-state index in [4.69, 9.17) is 10.5 Å². The highest BCUT2D eigenvalue weighted by Crippen LogP contribution is 2.27. The van der Waals surface area contributed by atoms with E-state index in [1.54, 1.807) is 13.3 Å². The van der Waals surface area contributed by atoms with Gasteiger partial charge in [-0.15, -0.1) is 0 Å². The predicted octanol–water partition coefficient (Wildman–Crippen LogP) is 2.91. The van der Waals surface area contributed by atoms with Crippen molar-refractivity contribution >= 4 is 5.95 Å². The Bertz CT molecular complexity index is 546. The molecule has 19 heavy (non-hydrogen) atoms. The molecule has 0 fully saturated rings. The molecule has 0 unspecified atom stereocenters. The Morgan fingerprint density at radius 1 is 1.32 bits per heavy atom. The standard InChI is InChI=1S/C15H21N3O/c1-10(2)13-8-11(5-7-14(13)19-3)4-6-12-9-17-15(16)18-12/h5,7-10H,4,6H2,1-3H3,(H3,16,17,18). The van der Waals surface area contributed by atoms with Gasteiger partial charge in [0.2, 0.25) is 0 Å². The van der Waals surface area contributed by atoms with E-state index in [9.17, 15) is 0 Å². The number of anilines is 1. The molecule has 102 valence electrons. The smallest absolute Gasteiger partial charge is 0.197 e. The van der Waals surface area contributed by atoms with Gasteiger partial charge in [0.25, 0.3) is 0 Å². The molecule has 1 heterocycles. The van der Waals surface area contributed by atoms with Crippen LogP contribution in [0.1, 0.15) is 36.6 Å². The van der Waals surface area contributed by atoms with Crippen LogP contribution < -0.4 is 10.5 Å². The molecule has 0 atom stereocenters. The third-order valence-electron chi connectivity index (χ3n) is 3.25. The number of benzene rings is 1. The molecule has 4 heteroatoms. The van der Waals surface area contributed by atoms with Gasteiger partial charge in [-0.25, -0.2) is 4.98 Å². The number of aromatic amines is 1. The van der Waals surface area contributed by atoms with Crippen LogP contribution in [-0.2, 0) is 12.8 Å². The van der Waals surface area contributed by atoms with Crippen molar-refractivity contribution in [3.63, 3.8) is 0 Å². The van der Waals surface area contributed by atoms with Crippen LogP contribution in [0.15, 0.2) is 24.4 Å². The molecule has 0 aliphatic rings. The van der Waals surface area contributed by atoms with Gasteiger partial charge in [0.15, 0.2) is 5.95 Å². The number of hydrogen-bond donors (Lipinski definition) is 2. The maximum atomic E-state index is 5.57. The van der Waals surface area contributed by atoms with Crippen LogP contribution in [0.4, 0.5) is 5.95 Å². The number of hydrogen-bond acceptors (Lipinski definition) is 3. The predicted molar refractivity (Wildman–Crippen MR) is 77.5 cm³/mol. The summed E-state index contributed by atoms with van der Waals surface area (Å²) in [5.74, 6) is 1.90. The minimum absolute atomic E-state index is 0.456. The van der Waals surface area contributed by atoms with Crippen molar-refractivity contribution in [2.45, 2.75) is 32.6 Å². The summed E-state index contributed by atoms with van der Waals surface area (Å²) >= 11 is 0. The SMILES string of the molecule is COc1ccc(CCc2cnc(N)[nH]2)cc1C(C)C. The highest BCUT2D eigenvalue weighted by atomic mass is 16.5. The minimum atomic E-state index is 0.456. The molecular weight excluding hydrogens is 238 g/mol. The first-order valence-corrected chi connectivity index (χ1v) is 6.56. The van der Waals surface area contributed by atoms with E-state index in [1.165, 1.54) is 11.1 Å². The lowest BCUT2D eigenvalue weighted by Gasteiger charge is -2.13. The summed E-state index contributed by atoms with van der Waals surface area (Å²) in [6, 6.07) is 6.39. The van der Waals surface area contributed by atoms with Crippen LogP contribution in [0.2, 0.25) is 0 Å². The Morgan fingerprint density at radius 2 is 2.11 bits per heavy atom. The number of ether oxygens (including phenoxy) is 1. The number of imidazole rings is 1. The Hall–Kier alpha value is -1.97. The number of nitrogens with two attached hydrogens (primary N) is 1.